The monoisotopic (exact) mass is 382 g/mol. The van der Waals surface area contributed by atoms with Crippen LogP contribution in [0.15, 0.2) is 54.6 Å². The molecule has 0 fully saturated rings. The van der Waals surface area contributed by atoms with Crippen LogP contribution in [0.2, 0.25) is 5.02 Å². The largest absolute Gasteiger partial charge is 0.478 e. The van der Waals surface area contributed by atoms with E-state index in [1.165, 1.54) is 5.56 Å². The Hall–Kier alpha value is -2.56. The molecule has 1 heterocycles. The second-order valence-corrected chi connectivity index (χ2v) is 7.09. The molecule has 1 aromatic heterocycles. The first-order chi connectivity index (χ1) is 12.9. The van der Waals surface area contributed by atoms with Crippen LogP contribution in [0.3, 0.4) is 0 Å². The van der Waals surface area contributed by atoms with Crippen molar-refractivity contribution in [2.75, 3.05) is 0 Å². The van der Waals surface area contributed by atoms with Crippen LogP contribution < -0.4 is 5.32 Å². The van der Waals surface area contributed by atoms with E-state index in [0.717, 1.165) is 16.9 Å². The Morgan fingerprint density at radius 3 is 2.30 bits per heavy atom. The number of halogens is 1. The highest BCUT2D eigenvalue weighted by Gasteiger charge is 2.23. The Morgan fingerprint density at radius 1 is 1.07 bits per heavy atom. The van der Waals surface area contributed by atoms with Gasteiger partial charge in [-0.1, -0.05) is 41.9 Å². The third-order valence-corrected chi connectivity index (χ3v) is 5.21. The average Bonchev–Trinajstić information content (AvgIpc) is 2.91. The number of hydrogen-bond donors (Lipinski definition) is 2. The standard InChI is InChI=1S/C22H23ClN2O2/c1-14(17-7-5-4-6-8-17)24-13-20-15(2)25(16(3)21(20)22(26)27)19-11-9-18(23)10-12-19/h4-12,14,24H,13H2,1-3H3,(H,26,27). The van der Waals surface area contributed by atoms with Crippen molar-refractivity contribution in [1.82, 2.24) is 9.88 Å². The Morgan fingerprint density at radius 2 is 1.70 bits per heavy atom. The van der Waals surface area contributed by atoms with Crippen LogP contribution in [0.25, 0.3) is 5.69 Å². The molecule has 27 heavy (non-hydrogen) atoms. The number of carboxylic acids is 1. The molecule has 0 aliphatic rings. The van der Waals surface area contributed by atoms with E-state index in [2.05, 4.69) is 24.4 Å². The van der Waals surface area contributed by atoms with Crippen molar-refractivity contribution in [3.8, 4) is 5.69 Å². The SMILES string of the molecule is Cc1c(CNC(C)c2ccccc2)c(C(=O)O)c(C)n1-c1ccc(Cl)cc1. The fraction of sp³-hybridized carbons (Fsp3) is 0.227. The molecule has 0 saturated heterocycles. The van der Waals surface area contributed by atoms with Gasteiger partial charge in [-0.3, -0.25) is 0 Å². The summed E-state index contributed by atoms with van der Waals surface area (Å²) in [4.78, 5) is 11.9. The Labute approximate surface area is 164 Å². The van der Waals surface area contributed by atoms with Crippen molar-refractivity contribution in [2.45, 2.75) is 33.4 Å². The smallest absolute Gasteiger partial charge is 0.337 e. The predicted molar refractivity (Wildman–Crippen MR) is 109 cm³/mol. The first kappa shape index (κ1) is 19.2. The summed E-state index contributed by atoms with van der Waals surface area (Å²) in [5.74, 6) is -0.910. The summed E-state index contributed by atoms with van der Waals surface area (Å²) >= 11 is 6.00. The summed E-state index contributed by atoms with van der Waals surface area (Å²) in [5, 5.41) is 13.9. The van der Waals surface area contributed by atoms with Gasteiger partial charge in [0, 0.05) is 40.2 Å². The van der Waals surface area contributed by atoms with Crippen LogP contribution in [0.5, 0.6) is 0 Å². The van der Waals surface area contributed by atoms with Crippen LogP contribution >= 0.6 is 11.6 Å². The maximum Gasteiger partial charge on any atom is 0.337 e. The van der Waals surface area contributed by atoms with Crippen LogP contribution in [0.1, 0.15) is 45.8 Å². The zero-order valence-corrected chi connectivity index (χ0v) is 16.4. The fourth-order valence-electron chi connectivity index (χ4n) is 3.49. The lowest BCUT2D eigenvalue weighted by Gasteiger charge is -2.15. The van der Waals surface area contributed by atoms with Crippen molar-refractivity contribution in [1.29, 1.82) is 0 Å². The Balaban J connectivity index is 1.96. The number of carboxylic acid groups (broad SMARTS) is 1. The fourth-order valence-corrected chi connectivity index (χ4v) is 3.62. The first-order valence-corrected chi connectivity index (χ1v) is 9.26. The van der Waals surface area contributed by atoms with Gasteiger partial charge in [-0.25, -0.2) is 4.79 Å². The van der Waals surface area contributed by atoms with E-state index >= 15 is 0 Å². The summed E-state index contributed by atoms with van der Waals surface area (Å²) in [5.41, 5.74) is 4.86. The molecule has 0 spiro atoms. The van der Waals surface area contributed by atoms with E-state index in [4.69, 9.17) is 11.6 Å². The minimum absolute atomic E-state index is 0.117. The van der Waals surface area contributed by atoms with E-state index in [1.54, 1.807) is 0 Å². The molecule has 0 radical (unpaired) electrons. The van der Waals surface area contributed by atoms with Gasteiger partial charge in [-0.2, -0.15) is 0 Å². The van der Waals surface area contributed by atoms with E-state index in [-0.39, 0.29) is 6.04 Å². The van der Waals surface area contributed by atoms with Gasteiger partial charge in [0.25, 0.3) is 0 Å². The molecule has 2 N–H and O–H groups in total. The Bertz CT molecular complexity index is 947. The highest BCUT2D eigenvalue weighted by molar-refractivity contribution is 6.30. The minimum atomic E-state index is -0.910. The number of carbonyl (C=O) groups is 1. The Kier molecular flexibility index (Phi) is 5.68. The molecule has 0 saturated carbocycles. The quantitative estimate of drug-likeness (QED) is 0.608. The van der Waals surface area contributed by atoms with E-state index in [0.29, 0.717) is 22.8 Å². The van der Waals surface area contributed by atoms with Crippen molar-refractivity contribution < 1.29 is 9.90 Å². The van der Waals surface area contributed by atoms with Crippen molar-refractivity contribution in [2.24, 2.45) is 0 Å². The number of benzene rings is 2. The maximum absolute atomic E-state index is 11.9. The molecular formula is C22H23ClN2O2. The molecule has 0 amide bonds. The zero-order chi connectivity index (χ0) is 19.6. The van der Waals surface area contributed by atoms with Crippen LogP contribution in [0, 0.1) is 13.8 Å². The molecule has 2 aromatic carbocycles. The van der Waals surface area contributed by atoms with Gasteiger partial charge >= 0.3 is 5.97 Å². The maximum atomic E-state index is 11.9. The lowest BCUT2D eigenvalue weighted by atomic mass is 10.1. The number of aromatic carboxylic acids is 1. The third kappa shape index (κ3) is 3.92. The molecule has 4 nitrogen and oxygen atoms in total. The van der Waals surface area contributed by atoms with Gasteiger partial charge < -0.3 is 15.0 Å². The van der Waals surface area contributed by atoms with Gasteiger partial charge in [0.1, 0.15) is 0 Å². The van der Waals surface area contributed by atoms with Crippen LogP contribution in [-0.2, 0) is 6.54 Å². The van der Waals surface area contributed by atoms with Crippen LogP contribution in [-0.4, -0.2) is 15.6 Å². The molecule has 140 valence electrons. The summed E-state index contributed by atoms with van der Waals surface area (Å²) in [6, 6.07) is 17.7. The molecule has 0 aliphatic carbocycles. The number of rotatable bonds is 6. The normalized spacial score (nSPS) is 12.1. The molecule has 1 unspecified atom stereocenters. The van der Waals surface area contributed by atoms with Crippen molar-refractivity contribution in [3.63, 3.8) is 0 Å². The second kappa shape index (κ2) is 7.99. The van der Waals surface area contributed by atoms with E-state index in [9.17, 15) is 9.90 Å². The number of nitrogens with zero attached hydrogens (tertiary/aromatic N) is 1. The number of aromatic nitrogens is 1. The average molecular weight is 383 g/mol. The second-order valence-electron chi connectivity index (χ2n) is 6.65. The van der Waals surface area contributed by atoms with Gasteiger partial charge in [0.15, 0.2) is 0 Å². The van der Waals surface area contributed by atoms with Gasteiger partial charge in [-0.15, -0.1) is 0 Å². The third-order valence-electron chi connectivity index (χ3n) is 4.95. The summed E-state index contributed by atoms with van der Waals surface area (Å²) in [6.07, 6.45) is 0. The number of nitrogens with one attached hydrogen (secondary N) is 1. The van der Waals surface area contributed by atoms with Gasteiger partial charge in [-0.05, 0) is 50.6 Å². The minimum Gasteiger partial charge on any atom is -0.478 e. The van der Waals surface area contributed by atoms with Gasteiger partial charge in [0.05, 0.1) is 5.56 Å². The lowest BCUT2D eigenvalue weighted by molar-refractivity contribution is 0.0694. The molecule has 3 rings (SSSR count). The lowest BCUT2D eigenvalue weighted by Crippen LogP contribution is -2.19. The predicted octanol–water partition coefficient (Wildman–Crippen LogP) is 5.30. The van der Waals surface area contributed by atoms with Gasteiger partial charge in [0.2, 0.25) is 0 Å². The summed E-state index contributed by atoms with van der Waals surface area (Å²) < 4.78 is 1.98. The number of hydrogen-bond acceptors (Lipinski definition) is 2. The highest BCUT2D eigenvalue weighted by Crippen LogP contribution is 2.28. The summed E-state index contributed by atoms with van der Waals surface area (Å²) in [6.45, 7) is 6.35. The molecular weight excluding hydrogens is 360 g/mol. The topological polar surface area (TPSA) is 54.3 Å². The molecule has 0 bridgehead atoms. The zero-order valence-electron chi connectivity index (χ0n) is 15.7. The van der Waals surface area contributed by atoms with Crippen molar-refractivity contribution in [3.05, 3.63) is 87.7 Å². The first-order valence-electron chi connectivity index (χ1n) is 8.88. The van der Waals surface area contributed by atoms with Crippen LogP contribution in [0.4, 0.5) is 0 Å². The highest BCUT2D eigenvalue weighted by atomic mass is 35.5. The molecule has 3 aromatic rings. The summed E-state index contributed by atoms with van der Waals surface area (Å²) in [7, 11) is 0. The van der Waals surface area contributed by atoms with E-state index < -0.39 is 5.97 Å². The molecule has 1 atom stereocenters. The van der Waals surface area contributed by atoms with Crippen molar-refractivity contribution >= 4 is 17.6 Å². The molecule has 0 aliphatic heterocycles. The molecule has 5 heteroatoms. The van der Waals surface area contributed by atoms with E-state index in [1.807, 2.05) is 60.9 Å².